The van der Waals surface area contributed by atoms with Gasteiger partial charge in [0.15, 0.2) is 0 Å². The van der Waals surface area contributed by atoms with Gasteiger partial charge in [0.05, 0.1) is 37.8 Å². The predicted octanol–water partition coefficient (Wildman–Crippen LogP) is 8.56. The minimum absolute atomic E-state index is 0.367. The molecule has 8 nitrogen and oxygen atoms in total. The van der Waals surface area contributed by atoms with E-state index in [1.807, 2.05) is 85.2 Å². The van der Waals surface area contributed by atoms with Crippen molar-refractivity contribution in [3.63, 3.8) is 0 Å². The molecule has 0 aliphatic heterocycles. The minimum atomic E-state index is -0.400. The molecule has 0 aliphatic rings. The van der Waals surface area contributed by atoms with Crippen molar-refractivity contribution >= 4 is 35.7 Å². The van der Waals surface area contributed by atoms with Crippen molar-refractivity contribution in [1.29, 1.82) is 0 Å². The van der Waals surface area contributed by atoms with Gasteiger partial charge in [-0.05, 0) is 127 Å². The third kappa shape index (κ3) is 13.9. The van der Waals surface area contributed by atoms with Gasteiger partial charge in [0.1, 0.15) is 11.5 Å². The van der Waals surface area contributed by atoms with Crippen molar-refractivity contribution < 1.29 is 28.5 Å². The number of esters is 2. The maximum absolute atomic E-state index is 11.0. The summed E-state index contributed by atoms with van der Waals surface area (Å²) in [5.74, 6) is 0.777. The topological polar surface area (TPSA) is 95.8 Å². The van der Waals surface area contributed by atoms with Crippen LogP contribution in [0.5, 0.6) is 11.5 Å². The standard InChI is InChI=1S/C41H42N2O6/c1-3-40(44)48-27-7-5-25-46-38-21-13-34(14-22-38)30-42-36-17-9-32(10-18-36)29-33-11-19-37(20-12-33)43-31-35-15-23-39(24-16-35)47-26-6-8-28-49-41(45)4-2/h3-4,9-24,30-31H,1-2,5-8,25-29H2/b42-30+,43-31+. The Morgan fingerprint density at radius 1 is 0.510 bits per heavy atom. The van der Waals surface area contributed by atoms with E-state index >= 15 is 0 Å². The number of unbranched alkanes of at least 4 members (excludes halogenated alkanes) is 2. The van der Waals surface area contributed by atoms with E-state index in [-0.39, 0.29) is 0 Å². The normalized spacial score (nSPS) is 10.9. The molecule has 0 saturated heterocycles. The Hall–Kier alpha value is -5.76. The molecule has 0 radical (unpaired) electrons. The average Bonchev–Trinajstić information content (AvgIpc) is 3.14. The molecule has 252 valence electrons. The molecule has 49 heavy (non-hydrogen) atoms. The summed E-state index contributed by atoms with van der Waals surface area (Å²) in [6.45, 7) is 8.59. The molecule has 0 atom stereocenters. The Kier molecular flexibility index (Phi) is 15.1. The number of benzene rings is 4. The van der Waals surface area contributed by atoms with Crippen molar-refractivity contribution in [3.05, 3.63) is 145 Å². The SMILES string of the molecule is C=CC(=O)OCCCCOc1ccc(/C=N/c2ccc(Cc3ccc(/N=C/c4ccc(OCCCCOC(=O)C=C)cc4)cc3)cc2)cc1. The lowest BCUT2D eigenvalue weighted by Gasteiger charge is -2.06. The largest absolute Gasteiger partial charge is 0.494 e. The Bertz CT molecular complexity index is 1550. The highest BCUT2D eigenvalue weighted by molar-refractivity contribution is 5.83. The van der Waals surface area contributed by atoms with E-state index in [0.29, 0.717) is 26.4 Å². The molecule has 4 aromatic rings. The summed E-state index contributed by atoms with van der Waals surface area (Å²) in [5, 5.41) is 0. The van der Waals surface area contributed by atoms with Crippen LogP contribution in [0.4, 0.5) is 11.4 Å². The molecule has 8 heteroatoms. The zero-order chi connectivity index (χ0) is 34.5. The molecule has 0 saturated carbocycles. The molecule has 0 heterocycles. The van der Waals surface area contributed by atoms with Gasteiger partial charge in [0, 0.05) is 24.6 Å². The zero-order valence-electron chi connectivity index (χ0n) is 27.7. The summed E-state index contributed by atoms with van der Waals surface area (Å²) in [6.07, 6.45) is 9.88. The van der Waals surface area contributed by atoms with Gasteiger partial charge >= 0.3 is 11.9 Å². The Balaban J connectivity index is 1.15. The van der Waals surface area contributed by atoms with Gasteiger partial charge in [-0.3, -0.25) is 9.98 Å². The molecule has 0 amide bonds. The van der Waals surface area contributed by atoms with Crippen molar-refractivity contribution in [2.24, 2.45) is 9.98 Å². The second-order valence-corrected chi connectivity index (χ2v) is 11.0. The van der Waals surface area contributed by atoms with Crippen LogP contribution in [0.15, 0.2) is 132 Å². The van der Waals surface area contributed by atoms with Crippen LogP contribution in [0.2, 0.25) is 0 Å². The molecular formula is C41H42N2O6. The van der Waals surface area contributed by atoms with E-state index in [1.165, 1.54) is 11.1 Å². The predicted molar refractivity (Wildman–Crippen MR) is 195 cm³/mol. The van der Waals surface area contributed by atoms with Gasteiger partial charge in [-0.15, -0.1) is 0 Å². The molecule has 0 aromatic heterocycles. The fourth-order valence-electron chi connectivity index (χ4n) is 4.49. The molecule has 0 aliphatic carbocycles. The number of aliphatic imine (C=N–C) groups is 2. The van der Waals surface area contributed by atoms with E-state index in [4.69, 9.17) is 18.9 Å². The summed E-state index contributed by atoms with van der Waals surface area (Å²) in [6, 6.07) is 32.1. The first-order valence-electron chi connectivity index (χ1n) is 16.3. The highest BCUT2D eigenvalue weighted by atomic mass is 16.5. The van der Waals surface area contributed by atoms with Crippen molar-refractivity contribution in [1.82, 2.24) is 0 Å². The fraction of sp³-hybridized carbons (Fsp3) is 0.220. The lowest BCUT2D eigenvalue weighted by Crippen LogP contribution is -2.04. The molecular weight excluding hydrogens is 616 g/mol. The molecule has 4 rings (SSSR count). The maximum Gasteiger partial charge on any atom is 0.330 e. The van der Waals surface area contributed by atoms with Crippen LogP contribution >= 0.6 is 0 Å². The lowest BCUT2D eigenvalue weighted by atomic mass is 10.0. The summed E-state index contributed by atoms with van der Waals surface area (Å²) >= 11 is 0. The van der Waals surface area contributed by atoms with Crippen LogP contribution in [0, 0.1) is 0 Å². The Morgan fingerprint density at radius 3 is 1.24 bits per heavy atom. The van der Waals surface area contributed by atoms with E-state index in [2.05, 4.69) is 47.4 Å². The van der Waals surface area contributed by atoms with Gasteiger partial charge in [0.2, 0.25) is 0 Å². The molecule has 0 N–H and O–H groups in total. The highest BCUT2D eigenvalue weighted by Crippen LogP contribution is 2.20. The van der Waals surface area contributed by atoms with Crippen LogP contribution in [-0.4, -0.2) is 50.8 Å². The molecule has 0 fully saturated rings. The number of rotatable bonds is 20. The first-order valence-corrected chi connectivity index (χ1v) is 16.3. The molecule has 0 bridgehead atoms. The van der Waals surface area contributed by atoms with E-state index < -0.39 is 11.9 Å². The summed E-state index contributed by atoms with van der Waals surface area (Å²) in [7, 11) is 0. The third-order valence-electron chi connectivity index (χ3n) is 7.20. The van der Waals surface area contributed by atoms with E-state index in [0.717, 1.165) is 78.3 Å². The maximum atomic E-state index is 11.0. The summed E-state index contributed by atoms with van der Waals surface area (Å²) in [4.78, 5) is 31.3. The van der Waals surface area contributed by atoms with Gasteiger partial charge in [0.25, 0.3) is 0 Å². The smallest absolute Gasteiger partial charge is 0.330 e. The molecule has 0 spiro atoms. The van der Waals surface area contributed by atoms with Crippen LogP contribution in [0.3, 0.4) is 0 Å². The quantitative estimate of drug-likeness (QED) is 0.0409. The molecule has 0 unspecified atom stereocenters. The average molecular weight is 659 g/mol. The molecule has 4 aromatic carbocycles. The summed E-state index contributed by atoms with van der Waals surface area (Å²) < 4.78 is 21.4. The second kappa shape index (κ2) is 20.5. The number of hydrogen-bond acceptors (Lipinski definition) is 8. The van der Waals surface area contributed by atoms with Crippen molar-refractivity contribution in [2.45, 2.75) is 32.1 Å². The minimum Gasteiger partial charge on any atom is -0.494 e. The van der Waals surface area contributed by atoms with Gasteiger partial charge < -0.3 is 18.9 Å². The van der Waals surface area contributed by atoms with Gasteiger partial charge in [-0.25, -0.2) is 9.59 Å². The number of carbonyl (C=O) groups is 2. The van der Waals surface area contributed by atoms with Gasteiger partial charge in [-0.1, -0.05) is 37.4 Å². The number of ether oxygens (including phenoxy) is 4. The Morgan fingerprint density at radius 2 is 0.878 bits per heavy atom. The van der Waals surface area contributed by atoms with Gasteiger partial charge in [-0.2, -0.15) is 0 Å². The monoisotopic (exact) mass is 658 g/mol. The van der Waals surface area contributed by atoms with Crippen molar-refractivity contribution in [3.8, 4) is 11.5 Å². The third-order valence-corrected chi connectivity index (χ3v) is 7.20. The number of hydrogen-bond donors (Lipinski definition) is 0. The highest BCUT2D eigenvalue weighted by Gasteiger charge is 2.01. The number of nitrogens with zero attached hydrogens (tertiary/aromatic N) is 2. The second-order valence-electron chi connectivity index (χ2n) is 11.0. The van der Waals surface area contributed by atoms with E-state index in [1.54, 1.807) is 0 Å². The fourth-order valence-corrected chi connectivity index (χ4v) is 4.49. The number of carbonyl (C=O) groups excluding carboxylic acids is 2. The van der Waals surface area contributed by atoms with E-state index in [9.17, 15) is 9.59 Å². The van der Waals surface area contributed by atoms with Crippen LogP contribution < -0.4 is 9.47 Å². The van der Waals surface area contributed by atoms with Crippen molar-refractivity contribution in [2.75, 3.05) is 26.4 Å². The van der Waals surface area contributed by atoms with Crippen LogP contribution in [-0.2, 0) is 25.5 Å². The lowest BCUT2D eigenvalue weighted by molar-refractivity contribution is -0.138. The van der Waals surface area contributed by atoms with Crippen LogP contribution in [0.25, 0.3) is 0 Å². The zero-order valence-corrected chi connectivity index (χ0v) is 27.7. The summed E-state index contributed by atoms with van der Waals surface area (Å²) in [5.41, 5.74) is 6.14. The first kappa shape index (κ1) is 36.1. The first-order chi connectivity index (χ1) is 24.0. The van der Waals surface area contributed by atoms with Crippen LogP contribution in [0.1, 0.15) is 47.9 Å². The Labute approximate surface area is 288 Å².